The largest absolute Gasteiger partial charge is 0.333 e. The van der Waals surface area contributed by atoms with Gasteiger partial charge in [-0.25, -0.2) is 9.18 Å². The Morgan fingerprint density at radius 1 is 1.03 bits per heavy atom. The molecule has 0 N–H and O–H groups in total. The first kappa shape index (κ1) is 19.4. The lowest BCUT2D eigenvalue weighted by Gasteiger charge is -2.29. The molecule has 1 amide bonds. The van der Waals surface area contributed by atoms with Crippen LogP contribution in [0.3, 0.4) is 0 Å². The third-order valence-electron chi connectivity index (χ3n) is 6.22. The second kappa shape index (κ2) is 7.50. The third kappa shape index (κ3) is 3.48. The molecule has 6 heteroatoms. The minimum Gasteiger partial charge on any atom is -0.333 e. The molecule has 3 aromatic rings. The van der Waals surface area contributed by atoms with E-state index in [1.165, 1.54) is 12.1 Å². The molecule has 2 heterocycles. The zero-order chi connectivity index (χ0) is 20.7. The van der Waals surface area contributed by atoms with Crippen LogP contribution in [0.15, 0.2) is 47.3 Å². The van der Waals surface area contributed by atoms with E-state index in [-0.39, 0.29) is 29.5 Å². The minimum absolute atomic E-state index is 0.0114. The highest BCUT2D eigenvalue weighted by Crippen LogP contribution is 2.29. The maximum Gasteiger partial charge on any atom is 0.328 e. The van der Waals surface area contributed by atoms with Gasteiger partial charge in [-0.05, 0) is 68.5 Å². The summed E-state index contributed by atoms with van der Waals surface area (Å²) in [6.45, 7) is 2.09. The van der Waals surface area contributed by atoms with Crippen molar-refractivity contribution in [1.29, 1.82) is 0 Å². The molecule has 2 aromatic carbocycles. The zero-order valence-electron chi connectivity index (χ0n) is 17.1. The van der Waals surface area contributed by atoms with E-state index in [1.54, 1.807) is 23.2 Å². The van der Waals surface area contributed by atoms with Crippen molar-refractivity contribution in [2.45, 2.75) is 44.7 Å². The SMILES string of the molecule is C[C@@H]1CC[C@H](CCc2ccc(F)cc2)N1C(=O)c1ccc2c(c1)n(C)c(=O)n2C. The van der Waals surface area contributed by atoms with Crippen LogP contribution in [0.25, 0.3) is 11.0 Å². The molecule has 1 aliphatic rings. The van der Waals surface area contributed by atoms with E-state index in [0.717, 1.165) is 42.3 Å². The van der Waals surface area contributed by atoms with Crippen LogP contribution in [0.1, 0.15) is 42.1 Å². The number of hydrogen-bond acceptors (Lipinski definition) is 2. The van der Waals surface area contributed by atoms with Crippen molar-refractivity contribution in [3.8, 4) is 0 Å². The molecule has 1 aromatic heterocycles. The molecule has 1 saturated heterocycles. The van der Waals surface area contributed by atoms with Crippen molar-refractivity contribution in [3.05, 3.63) is 69.9 Å². The Morgan fingerprint density at radius 2 is 1.72 bits per heavy atom. The van der Waals surface area contributed by atoms with E-state index in [4.69, 9.17) is 0 Å². The highest BCUT2D eigenvalue weighted by molar-refractivity contribution is 5.98. The molecule has 2 atom stereocenters. The number of carbonyl (C=O) groups excluding carboxylic acids is 1. The van der Waals surface area contributed by atoms with Gasteiger partial charge in [-0.2, -0.15) is 0 Å². The Bertz CT molecular complexity index is 1110. The first-order valence-electron chi connectivity index (χ1n) is 10.1. The van der Waals surface area contributed by atoms with Gasteiger partial charge in [0, 0.05) is 31.7 Å². The molecule has 0 unspecified atom stereocenters. The summed E-state index contributed by atoms with van der Waals surface area (Å²) in [5.41, 5.74) is 3.17. The summed E-state index contributed by atoms with van der Waals surface area (Å²) >= 11 is 0. The fraction of sp³-hybridized carbons (Fsp3) is 0.391. The lowest BCUT2D eigenvalue weighted by atomic mass is 10.0. The fourth-order valence-electron chi connectivity index (χ4n) is 4.49. The first-order valence-corrected chi connectivity index (χ1v) is 10.1. The Balaban J connectivity index is 1.57. The maximum atomic E-state index is 13.4. The number of halogens is 1. The topological polar surface area (TPSA) is 47.2 Å². The van der Waals surface area contributed by atoms with Crippen LogP contribution in [0, 0.1) is 5.82 Å². The van der Waals surface area contributed by atoms with Gasteiger partial charge in [0.05, 0.1) is 11.0 Å². The minimum atomic E-state index is -0.231. The van der Waals surface area contributed by atoms with Crippen molar-refractivity contribution >= 4 is 16.9 Å². The number of likely N-dealkylation sites (tertiary alicyclic amines) is 1. The molecule has 0 saturated carbocycles. The molecule has 29 heavy (non-hydrogen) atoms. The molecule has 4 rings (SSSR count). The number of hydrogen-bond donors (Lipinski definition) is 0. The Morgan fingerprint density at radius 3 is 2.45 bits per heavy atom. The van der Waals surface area contributed by atoms with Gasteiger partial charge in [-0.15, -0.1) is 0 Å². The van der Waals surface area contributed by atoms with E-state index in [9.17, 15) is 14.0 Å². The smallest absolute Gasteiger partial charge is 0.328 e. The van der Waals surface area contributed by atoms with Crippen LogP contribution in [0.4, 0.5) is 4.39 Å². The maximum absolute atomic E-state index is 13.4. The Kier molecular flexibility index (Phi) is 5.03. The number of aromatic nitrogens is 2. The number of benzene rings is 2. The number of rotatable bonds is 4. The fourth-order valence-corrected chi connectivity index (χ4v) is 4.49. The van der Waals surface area contributed by atoms with Gasteiger partial charge in [0.1, 0.15) is 5.82 Å². The van der Waals surface area contributed by atoms with Crippen molar-refractivity contribution in [2.24, 2.45) is 14.1 Å². The average molecular weight is 395 g/mol. The summed E-state index contributed by atoms with van der Waals surface area (Å²) in [7, 11) is 3.46. The van der Waals surface area contributed by atoms with Crippen LogP contribution >= 0.6 is 0 Å². The van der Waals surface area contributed by atoms with E-state index in [0.29, 0.717) is 5.56 Å². The Hall–Kier alpha value is -2.89. The van der Waals surface area contributed by atoms with E-state index < -0.39 is 0 Å². The third-order valence-corrected chi connectivity index (χ3v) is 6.22. The summed E-state index contributed by atoms with van der Waals surface area (Å²) in [6.07, 6.45) is 3.62. The van der Waals surface area contributed by atoms with Gasteiger partial charge >= 0.3 is 5.69 Å². The van der Waals surface area contributed by atoms with E-state index >= 15 is 0 Å². The lowest BCUT2D eigenvalue weighted by Crippen LogP contribution is -2.40. The number of carbonyl (C=O) groups is 1. The highest BCUT2D eigenvalue weighted by atomic mass is 19.1. The number of imidazole rings is 1. The predicted molar refractivity (Wildman–Crippen MR) is 112 cm³/mol. The number of fused-ring (bicyclic) bond motifs is 1. The van der Waals surface area contributed by atoms with Gasteiger partial charge in [0.15, 0.2) is 0 Å². The number of nitrogens with zero attached hydrogens (tertiary/aromatic N) is 3. The molecular weight excluding hydrogens is 369 g/mol. The molecule has 152 valence electrons. The van der Waals surface area contributed by atoms with Crippen molar-refractivity contribution in [1.82, 2.24) is 14.0 Å². The van der Waals surface area contributed by atoms with Crippen LogP contribution < -0.4 is 5.69 Å². The molecule has 0 aliphatic carbocycles. The molecular formula is C23H26FN3O2. The van der Waals surface area contributed by atoms with E-state index in [1.807, 2.05) is 35.2 Å². The van der Waals surface area contributed by atoms with Crippen molar-refractivity contribution < 1.29 is 9.18 Å². The molecule has 1 fully saturated rings. The number of aryl methyl sites for hydroxylation is 3. The molecule has 5 nitrogen and oxygen atoms in total. The molecule has 1 aliphatic heterocycles. The van der Waals surface area contributed by atoms with Gasteiger partial charge in [0.2, 0.25) is 0 Å². The average Bonchev–Trinajstić information content (AvgIpc) is 3.20. The standard InChI is InChI=1S/C23H26FN3O2/c1-15-4-11-19(12-7-16-5-9-18(24)10-6-16)27(15)22(28)17-8-13-20-21(14-17)26(3)23(29)25(20)2/h5-6,8-10,13-15,19H,4,7,11-12H2,1-3H3/t15-,19-/m1/s1. The molecule has 0 bridgehead atoms. The van der Waals surface area contributed by atoms with Crippen LogP contribution in [0.2, 0.25) is 0 Å². The zero-order valence-corrected chi connectivity index (χ0v) is 17.1. The van der Waals surface area contributed by atoms with Gasteiger partial charge < -0.3 is 4.90 Å². The summed E-state index contributed by atoms with van der Waals surface area (Å²) in [5, 5.41) is 0. The summed E-state index contributed by atoms with van der Waals surface area (Å²) in [4.78, 5) is 27.5. The predicted octanol–water partition coefficient (Wildman–Crippen LogP) is 3.64. The van der Waals surface area contributed by atoms with Crippen LogP contribution in [-0.2, 0) is 20.5 Å². The monoisotopic (exact) mass is 395 g/mol. The molecule has 0 radical (unpaired) electrons. The highest BCUT2D eigenvalue weighted by Gasteiger charge is 2.34. The normalized spacial score (nSPS) is 19.2. The quantitative estimate of drug-likeness (QED) is 0.677. The van der Waals surface area contributed by atoms with Crippen LogP contribution in [-0.4, -0.2) is 32.0 Å². The van der Waals surface area contributed by atoms with Gasteiger partial charge in [0.25, 0.3) is 5.91 Å². The summed E-state index contributed by atoms with van der Waals surface area (Å²) < 4.78 is 16.3. The summed E-state index contributed by atoms with van der Waals surface area (Å²) in [5.74, 6) is -0.219. The second-order valence-electron chi connectivity index (χ2n) is 8.06. The lowest BCUT2D eigenvalue weighted by molar-refractivity contribution is 0.0673. The van der Waals surface area contributed by atoms with Gasteiger partial charge in [-0.1, -0.05) is 12.1 Å². The first-order chi connectivity index (χ1) is 13.9. The Labute approximate surface area is 169 Å². The van der Waals surface area contributed by atoms with Crippen molar-refractivity contribution in [2.75, 3.05) is 0 Å². The van der Waals surface area contributed by atoms with Gasteiger partial charge in [-0.3, -0.25) is 13.9 Å². The van der Waals surface area contributed by atoms with E-state index in [2.05, 4.69) is 6.92 Å². The second-order valence-corrected chi connectivity index (χ2v) is 8.06. The number of amides is 1. The van der Waals surface area contributed by atoms with Crippen LogP contribution in [0.5, 0.6) is 0 Å². The summed E-state index contributed by atoms with van der Waals surface area (Å²) in [6, 6.07) is 12.4. The van der Waals surface area contributed by atoms with Crippen molar-refractivity contribution in [3.63, 3.8) is 0 Å². The molecule has 0 spiro atoms.